The first-order valence-corrected chi connectivity index (χ1v) is 10.6. The predicted octanol–water partition coefficient (Wildman–Crippen LogP) is 2.04. The van der Waals surface area contributed by atoms with Crippen LogP contribution in [0.3, 0.4) is 0 Å². The highest BCUT2D eigenvalue weighted by Gasteiger charge is 2.38. The van der Waals surface area contributed by atoms with Crippen LogP contribution in [0.25, 0.3) is 0 Å². The van der Waals surface area contributed by atoms with Crippen molar-refractivity contribution in [3.63, 3.8) is 0 Å². The second-order valence-corrected chi connectivity index (χ2v) is 8.74. The Labute approximate surface area is 160 Å². The highest BCUT2D eigenvalue weighted by molar-refractivity contribution is 7.88. The fourth-order valence-corrected chi connectivity index (χ4v) is 4.48. The zero-order chi connectivity index (χ0) is 19.6. The average molecular weight is 388 g/mol. The molecule has 0 aliphatic carbocycles. The number of para-hydroxylation sites is 1. The molecule has 0 N–H and O–H groups in total. The number of carbonyl (C=O) groups excluding carboxylic acids is 1. The summed E-state index contributed by atoms with van der Waals surface area (Å²) in [4.78, 5) is 14.7. The van der Waals surface area contributed by atoms with Gasteiger partial charge in [0.15, 0.2) is 0 Å². The number of fused-ring (bicyclic) bond motifs is 1. The maximum Gasteiger partial charge on any atom is 0.241 e. The number of benzene rings is 2. The van der Waals surface area contributed by atoms with Crippen molar-refractivity contribution in [2.75, 3.05) is 20.4 Å². The third kappa shape index (κ3) is 4.14. The summed E-state index contributed by atoms with van der Waals surface area (Å²) >= 11 is 0. The Morgan fingerprint density at radius 2 is 1.78 bits per heavy atom. The van der Waals surface area contributed by atoms with E-state index in [0.717, 1.165) is 22.9 Å². The fourth-order valence-electron chi connectivity index (χ4n) is 3.48. The van der Waals surface area contributed by atoms with Crippen LogP contribution in [-0.4, -0.2) is 50.0 Å². The number of hydrogen-bond donors (Lipinski definition) is 0. The summed E-state index contributed by atoms with van der Waals surface area (Å²) in [6.45, 7) is 0.562. The third-order valence-corrected chi connectivity index (χ3v) is 6.13. The molecule has 0 radical (unpaired) electrons. The molecule has 0 fully saturated rings. The lowest BCUT2D eigenvalue weighted by Crippen LogP contribution is -2.52. The first kappa shape index (κ1) is 19.4. The lowest BCUT2D eigenvalue weighted by atomic mass is 9.95. The molecule has 0 saturated heterocycles. The van der Waals surface area contributed by atoms with Crippen molar-refractivity contribution >= 4 is 15.9 Å². The normalized spacial score (nSPS) is 17.2. The van der Waals surface area contributed by atoms with Gasteiger partial charge in [0.25, 0.3) is 0 Å². The van der Waals surface area contributed by atoms with Crippen LogP contribution in [-0.2, 0) is 34.3 Å². The number of carbonyl (C=O) groups is 1. The molecule has 7 heteroatoms. The van der Waals surface area contributed by atoms with Gasteiger partial charge in [0.2, 0.25) is 15.9 Å². The van der Waals surface area contributed by atoms with Gasteiger partial charge < -0.3 is 9.64 Å². The molecule has 27 heavy (non-hydrogen) atoms. The van der Waals surface area contributed by atoms with Crippen LogP contribution in [0.1, 0.15) is 16.7 Å². The van der Waals surface area contributed by atoms with Gasteiger partial charge in [0.05, 0.1) is 13.4 Å². The Hall–Kier alpha value is -2.38. The Bertz CT molecular complexity index is 943. The topological polar surface area (TPSA) is 66.9 Å². The smallest absolute Gasteiger partial charge is 0.241 e. The zero-order valence-electron chi connectivity index (χ0n) is 15.8. The predicted molar refractivity (Wildman–Crippen MR) is 104 cm³/mol. The van der Waals surface area contributed by atoms with E-state index in [1.165, 1.54) is 4.31 Å². The number of rotatable bonds is 5. The lowest BCUT2D eigenvalue weighted by molar-refractivity contribution is -0.135. The van der Waals surface area contributed by atoms with Gasteiger partial charge in [-0.05, 0) is 23.6 Å². The van der Waals surface area contributed by atoms with Crippen molar-refractivity contribution < 1.29 is 17.9 Å². The Morgan fingerprint density at radius 3 is 2.44 bits per heavy atom. The number of nitrogens with zero attached hydrogens (tertiary/aromatic N) is 2. The number of methoxy groups -OCH3 is 1. The van der Waals surface area contributed by atoms with Crippen molar-refractivity contribution in [2.45, 2.75) is 25.6 Å². The van der Waals surface area contributed by atoms with E-state index in [0.29, 0.717) is 18.7 Å². The van der Waals surface area contributed by atoms with Crippen LogP contribution in [0.5, 0.6) is 5.75 Å². The monoisotopic (exact) mass is 388 g/mol. The molecular weight excluding hydrogens is 364 g/mol. The molecule has 3 rings (SSSR count). The summed E-state index contributed by atoms with van der Waals surface area (Å²) < 4.78 is 31.3. The maximum absolute atomic E-state index is 13.1. The molecule has 6 nitrogen and oxygen atoms in total. The number of sulfonamides is 1. The van der Waals surface area contributed by atoms with E-state index in [1.54, 1.807) is 19.1 Å². The summed E-state index contributed by atoms with van der Waals surface area (Å²) in [5.74, 6) is 0.479. The average Bonchev–Trinajstić information content (AvgIpc) is 2.66. The molecule has 2 aromatic carbocycles. The first-order chi connectivity index (χ1) is 12.8. The Kier molecular flexibility index (Phi) is 5.53. The maximum atomic E-state index is 13.1. The van der Waals surface area contributed by atoms with Crippen molar-refractivity contribution in [3.8, 4) is 5.75 Å². The molecule has 1 aliphatic heterocycles. The highest BCUT2D eigenvalue weighted by atomic mass is 32.2. The molecule has 1 amide bonds. The minimum Gasteiger partial charge on any atom is -0.496 e. The second-order valence-electron chi connectivity index (χ2n) is 6.80. The lowest BCUT2D eigenvalue weighted by Gasteiger charge is -2.36. The molecule has 144 valence electrons. The van der Waals surface area contributed by atoms with Gasteiger partial charge in [-0.1, -0.05) is 42.5 Å². The van der Waals surface area contributed by atoms with Crippen molar-refractivity contribution in [1.82, 2.24) is 9.21 Å². The molecule has 1 heterocycles. The van der Waals surface area contributed by atoms with E-state index in [4.69, 9.17) is 4.74 Å². The van der Waals surface area contributed by atoms with Crippen LogP contribution in [0.2, 0.25) is 0 Å². The number of ether oxygens (including phenoxy) is 1. The molecule has 1 atom stereocenters. The van der Waals surface area contributed by atoms with E-state index < -0.39 is 16.1 Å². The fraction of sp³-hybridized carbons (Fsp3) is 0.350. The molecule has 0 spiro atoms. The van der Waals surface area contributed by atoms with Crippen LogP contribution in [0.4, 0.5) is 0 Å². The molecule has 1 unspecified atom stereocenters. The third-order valence-electron chi connectivity index (χ3n) is 4.89. The van der Waals surface area contributed by atoms with Crippen LogP contribution >= 0.6 is 0 Å². The largest absolute Gasteiger partial charge is 0.496 e. The van der Waals surface area contributed by atoms with Crippen LogP contribution in [0.15, 0.2) is 48.5 Å². The van der Waals surface area contributed by atoms with Gasteiger partial charge in [-0.25, -0.2) is 8.42 Å². The summed E-state index contributed by atoms with van der Waals surface area (Å²) in [6.07, 6.45) is 1.53. The summed E-state index contributed by atoms with van der Waals surface area (Å²) in [5.41, 5.74) is 2.83. The van der Waals surface area contributed by atoms with Gasteiger partial charge in [0.1, 0.15) is 11.8 Å². The van der Waals surface area contributed by atoms with E-state index >= 15 is 0 Å². The molecule has 0 saturated carbocycles. The van der Waals surface area contributed by atoms with Crippen molar-refractivity contribution in [3.05, 3.63) is 65.2 Å². The van der Waals surface area contributed by atoms with Gasteiger partial charge in [-0.3, -0.25) is 4.79 Å². The van der Waals surface area contributed by atoms with Crippen LogP contribution in [0, 0.1) is 0 Å². The number of hydrogen-bond acceptors (Lipinski definition) is 4. The first-order valence-electron chi connectivity index (χ1n) is 8.71. The second kappa shape index (κ2) is 7.70. The Morgan fingerprint density at radius 1 is 1.15 bits per heavy atom. The molecule has 2 aromatic rings. The summed E-state index contributed by atoms with van der Waals surface area (Å²) in [5, 5.41) is 0. The zero-order valence-corrected chi connectivity index (χ0v) is 16.6. The minimum absolute atomic E-state index is 0.216. The quantitative estimate of drug-likeness (QED) is 0.786. The SMILES string of the molecule is COc1ccccc1CN(C)C(=O)C1Cc2ccccc2CN1S(C)(=O)=O. The number of amides is 1. The van der Waals surface area contributed by atoms with Crippen molar-refractivity contribution in [2.24, 2.45) is 0 Å². The number of likely N-dealkylation sites (N-methyl/N-ethyl adjacent to an activating group) is 1. The molecule has 1 aliphatic rings. The van der Waals surface area contributed by atoms with Gasteiger partial charge >= 0.3 is 0 Å². The van der Waals surface area contributed by atoms with E-state index in [2.05, 4.69) is 0 Å². The van der Waals surface area contributed by atoms with E-state index in [1.807, 2.05) is 48.5 Å². The van der Waals surface area contributed by atoms with E-state index in [-0.39, 0.29) is 12.5 Å². The standard InChI is InChI=1S/C20H24N2O4S/c1-21(13-17-10-6-7-11-19(17)26-2)20(23)18-12-15-8-4-5-9-16(15)14-22(18)27(3,24)25/h4-11,18H,12-14H2,1-3H3. The molecular formula is C20H24N2O4S. The Balaban J connectivity index is 1.87. The van der Waals surface area contributed by atoms with Crippen LogP contribution < -0.4 is 4.74 Å². The highest BCUT2D eigenvalue weighted by Crippen LogP contribution is 2.27. The molecule has 0 aromatic heterocycles. The van der Waals surface area contributed by atoms with Gasteiger partial charge in [0, 0.05) is 25.7 Å². The minimum atomic E-state index is -3.52. The van der Waals surface area contributed by atoms with Gasteiger partial charge in [-0.2, -0.15) is 4.31 Å². The van der Waals surface area contributed by atoms with E-state index in [9.17, 15) is 13.2 Å². The molecule has 0 bridgehead atoms. The van der Waals surface area contributed by atoms with Crippen molar-refractivity contribution in [1.29, 1.82) is 0 Å². The van der Waals surface area contributed by atoms with Gasteiger partial charge in [-0.15, -0.1) is 0 Å². The summed E-state index contributed by atoms with van der Waals surface area (Å²) in [7, 11) is -0.243. The summed E-state index contributed by atoms with van der Waals surface area (Å²) in [6, 6.07) is 14.4.